The molecular formula is C23H26FNO2S2. The van der Waals surface area contributed by atoms with Crippen molar-refractivity contribution in [3.8, 4) is 5.75 Å². The van der Waals surface area contributed by atoms with E-state index in [-0.39, 0.29) is 11.7 Å². The van der Waals surface area contributed by atoms with Gasteiger partial charge in [0.1, 0.15) is 12.0 Å². The van der Waals surface area contributed by atoms with Gasteiger partial charge in [-0.05, 0) is 42.4 Å². The lowest BCUT2D eigenvalue weighted by molar-refractivity contribution is -0.106. The number of benzene rings is 2. The summed E-state index contributed by atoms with van der Waals surface area (Å²) in [6.45, 7) is 5.51. The monoisotopic (exact) mass is 431 g/mol. The predicted octanol–water partition coefficient (Wildman–Crippen LogP) is 6.85. The molecule has 1 aliphatic rings. The molecule has 0 fully saturated rings. The number of hydrogen-bond donors (Lipinski definition) is 0. The molecule has 1 atom stereocenters. The van der Waals surface area contributed by atoms with Gasteiger partial charge in [-0.25, -0.2) is 0 Å². The summed E-state index contributed by atoms with van der Waals surface area (Å²) in [5.74, 6) is 0.627. The molecule has 154 valence electrons. The molecule has 0 radical (unpaired) electrons. The van der Waals surface area contributed by atoms with Crippen LogP contribution in [0.25, 0.3) is 0 Å². The minimum absolute atomic E-state index is 0.143. The van der Waals surface area contributed by atoms with Gasteiger partial charge in [0.15, 0.2) is 12.1 Å². The Morgan fingerprint density at radius 1 is 1.34 bits per heavy atom. The lowest BCUT2D eigenvalue weighted by atomic mass is 9.87. The lowest BCUT2D eigenvalue weighted by Crippen LogP contribution is -2.33. The van der Waals surface area contributed by atoms with E-state index in [0.717, 1.165) is 52.6 Å². The van der Waals surface area contributed by atoms with Gasteiger partial charge in [-0.15, -0.1) is 23.5 Å². The fourth-order valence-electron chi connectivity index (χ4n) is 3.61. The van der Waals surface area contributed by atoms with Gasteiger partial charge < -0.3 is 9.64 Å². The lowest BCUT2D eigenvalue weighted by Gasteiger charge is -2.34. The Labute approximate surface area is 180 Å². The van der Waals surface area contributed by atoms with Gasteiger partial charge in [-0.2, -0.15) is 4.39 Å². The average Bonchev–Trinajstić information content (AvgIpc) is 2.88. The number of para-hydroxylation sites is 1. The highest BCUT2D eigenvalue weighted by Gasteiger charge is 2.32. The van der Waals surface area contributed by atoms with E-state index >= 15 is 0 Å². The summed E-state index contributed by atoms with van der Waals surface area (Å²) in [5.41, 5.74) is 2.46. The van der Waals surface area contributed by atoms with E-state index in [1.54, 1.807) is 11.8 Å². The summed E-state index contributed by atoms with van der Waals surface area (Å²) >= 11 is 3.35. The molecule has 0 aliphatic carbocycles. The minimum atomic E-state index is -0.930. The van der Waals surface area contributed by atoms with E-state index in [0.29, 0.717) is 5.75 Å². The average molecular weight is 432 g/mol. The molecule has 0 aromatic heterocycles. The zero-order valence-electron chi connectivity index (χ0n) is 17.0. The standard InChI is InChI=1S/C23H26FNO2S2/c1-4-10-23(2)15-25(18-8-6-5-7-9-18)19-11-22(28-3)20(12-21(19)29-16-23)27-14-17(24)13-26/h5-9,11-14H,4,10,15-16H2,1-3H3/b17-14-. The Morgan fingerprint density at radius 3 is 2.76 bits per heavy atom. The van der Waals surface area contributed by atoms with E-state index in [1.165, 1.54) is 0 Å². The van der Waals surface area contributed by atoms with Crippen molar-refractivity contribution < 1.29 is 13.9 Å². The van der Waals surface area contributed by atoms with Crippen molar-refractivity contribution in [2.24, 2.45) is 5.41 Å². The van der Waals surface area contributed by atoms with Gasteiger partial charge in [0.2, 0.25) is 0 Å². The van der Waals surface area contributed by atoms with Gasteiger partial charge in [0.05, 0.1) is 10.6 Å². The summed E-state index contributed by atoms with van der Waals surface area (Å²) in [6, 6.07) is 14.5. The highest BCUT2D eigenvalue weighted by Crippen LogP contribution is 2.48. The number of thioether (sulfide) groups is 2. The highest BCUT2D eigenvalue weighted by atomic mass is 32.2. The van der Waals surface area contributed by atoms with E-state index in [1.807, 2.05) is 30.2 Å². The fourth-order valence-corrected chi connectivity index (χ4v) is 5.40. The van der Waals surface area contributed by atoms with Crippen LogP contribution in [0.5, 0.6) is 5.75 Å². The van der Waals surface area contributed by atoms with Crippen LogP contribution >= 0.6 is 23.5 Å². The molecule has 0 N–H and O–H groups in total. The van der Waals surface area contributed by atoms with Crippen molar-refractivity contribution in [3.05, 3.63) is 54.6 Å². The quantitative estimate of drug-likeness (QED) is 0.207. The number of allylic oxidation sites excluding steroid dienone is 1. The van der Waals surface area contributed by atoms with Crippen molar-refractivity contribution >= 4 is 41.2 Å². The van der Waals surface area contributed by atoms with Gasteiger partial charge in [0.25, 0.3) is 0 Å². The maximum Gasteiger partial charge on any atom is 0.197 e. The van der Waals surface area contributed by atoms with E-state index < -0.39 is 5.83 Å². The molecule has 0 saturated heterocycles. The van der Waals surface area contributed by atoms with Gasteiger partial charge in [0, 0.05) is 22.9 Å². The maximum atomic E-state index is 13.3. The molecule has 1 unspecified atom stereocenters. The molecule has 2 aromatic rings. The largest absolute Gasteiger partial charge is 0.461 e. The Kier molecular flexibility index (Phi) is 7.30. The summed E-state index contributed by atoms with van der Waals surface area (Å²) in [7, 11) is 0. The van der Waals surface area contributed by atoms with Crippen molar-refractivity contribution in [2.45, 2.75) is 36.5 Å². The first kappa shape index (κ1) is 21.8. The normalized spacial score (nSPS) is 19.4. The molecular weight excluding hydrogens is 405 g/mol. The molecule has 3 rings (SSSR count). The predicted molar refractivity (Wildman–Crippen MR) is 121 cm³/mol. The van der Waals surface area contributed by atoms with Crippen molar-refractivity contribution in [2.75, 3.05) is 23.5 Å². The third-order valence-electron chi connectivity index (χ3n) is 4.98. The van der Waals surface area contributed by atoms with E-state index in [4.69, 9.17) is 4.74 Å². The van der Waals surface area contributed by atoms with Crippen LogP contribution in [0.15, 0.2) is 64.3 Å². The summed E-state index contributed by atoms with van der Waals surface area (Å²) in [6.07, 6.45) is 5.25. The number of ether oxygens (including phenoxy) is 1. The Hall–Kier alpha value is -1.92. The third-order valence-corrected chi connectivity index (χ3v) is 7.22. The zero-order chi connectivity index (χ0) is 20.9. The van der Waals surface area contributed by atoms with Crippen LogP contribution in [0.3, 0.4) is 0 Å². The van der Waals surface area contributed by atoms with E-state index in [9.17, 15) is 9.18 Å². The number of aldehydes is 1. The first-order chi connectivity index (χ1) is 14.0. The van der Waals surface area contributed by atoms with Crippen molar-refractivity contribution in [1.82, 2.24) is 0 Å². The van der Waals surface area contributed by atoms with Crippen LogP contribution < -0.4 is 9.64 Å². The summed E-state index contributed by atoms with van der Waals surface area (Å²) < 4.78 is 18.8. The second kappa shape index (κ2) is 9.72. The Morgan fingerprint density at radius 2 is 2.10 bits per heavy atom. The van der Waals surface area contributed by atoms with Gasteiger partial charge in [-0.3, -0.25) is 4.79 Å². The molecule has 0 bridgehead atoms. The molecule has 0 spiro atoms. The number of hydrogen-bond acceptors (Lipinski definition) is 5. The molecule has 1 heterocycles. The number of halogens is 1. The smallest absolute Gasteiger partial charge is 0.197 e. The van der Waals surface area contributed by atoms with Crippen LogP contribution in [0.1, 0.15) is 26.7 Å². The fraction of sp³-hybridized carbons (Fsp3) is 0.348. The number of anilines is 2. The molecule has 2 aromatic carbocycles. The second-order valence-electron chi connectivity index (χ2n) is 7.48. The molecule has 1 aliphatic heterocycles. The summed E-state index contributed by atoms with van der Waals surface area (Å²) in [4.78, 5) is 14.9. The first-order valence-electron chi connectivity index (χ1n) is 9.64. The van der Waals surface area contributed by atoms with Crippen molar-refractivity contribution in [1.29, 1.82) is 0 Å². The van der Waals surface area contributed by atoms with Crippen LogP contribution in [0.4, 0.5) is 15.8 Å². The molecule has 0 amide bonds. The van der Waals surface area contributed by atoms with Crippen LogP contribution in [0.2, 0.25) is 0 Å². The zero-order valence-corrected chi connectivity index (χ0v) is 18.6. The van der Waals surface area contributed by atoms with Crippen LogP contribution in [0, 0.1) is 5.41 Å². The number of nitrogens with zero attached hydrogens (tertiary/aromatic N) is 1. The van der Waals surface area contributed by atoms with Gasteiger partial charge in [-0.1, -0.05) is 38.5 Å². The topological polar surface area (TPSA) is 29.5 Å². The SMILES string of the molecule is CCCC1(C)CSc2cc(O/C=C(\F)C=O)c(SC)cc2N(c2ccccc2)C1. The van der Waals surface area contributed by atoms with Crippen LogP contribution in [-0.2, 0) is 4.79 Å². The number of fused-ring (bicyclic) bond motifs is 1. The molecule has 29 heavy (non-hydrogen) atoms. The summed E-state index contributed by atoms with van der Waals surface area (Å²) in [5, 5.41) is 0. The minimum Gasteiger partial charge on any atom is -0.461 e. The first-order valence-corrected chi connectivity index (χ1v) is 11.9. The Bertz CT molecular complexity index is 888. The Balaban J connectivity index is 2.09. The number of carbonyl (C=O) groups excluding carboxylic acids is 1. The molecule has 0 saturated carbocycles. The molecule has 6 heteroatoms. The molecule has 3 nitrogen and oxygen atoms in total. The van der Waals surface area contributed by atoms with Crippen LogP contribution in [-0.4, -0.2) is 24.8 Å². The third kappa shape index (κ3) is 5.17. The maximum absolute atomic E-state index is 13.3. The highest BCUT2D eigenvalue weighted by molar-refractivity contribution is 7.99. The second-order valence-corrected chi connectivity index (χ2v) is 9.35. The van der Waals surface area contributed by atoms with Crippen molar-refractivity contribution in [3.63, 3.8) is 0 Å². The van der Waals surface area contributed by atoms with E-state index in [2.05, 4.69) is 49.1 Å². The number of rotatable bonds is 7. The van der Waals surface area contributed by atoms with Gasteiger partial charge >= 0.3 is 0 Å². The number of carbonyl (C=O) groups is 1.